The zero-order valence-electron chi connectivity index (χ0n) is 10.4. The van der Waals surface area contributed by atoms with Gasteiger partial charge in [0.15, 0.2) is 0 Å². The molecule has 0 saturated heterocycles. The first kappa shape index (κ1) is 13.7. The Bertz CT molecular complexity index is 556. The number of benzene rings is 1. The van der Waals surface area contributed by atoms with E-state index in [1.165, 1.54) is 22.5 Å². The van der Waals surface area contributed by atoms with Gasteiger partial charge in [0.25, 0.3) is 0 Å². The van der Waals surface area contributed by atoms with Crippen molar-refractivity contribution in [3.8, 4) is 6.07 Å². The van der Waals surface area contributed by atoms with Crippen molar-refractivity contribution in [3.05, 3.63) is 29.3 Å². The Kier molecular flexibility index (Phi) is 3.91. The molecule has 0 aliphatic carbocycles. The molecule has 0 atom stereocenters. The van der Waals surface area contributed by atoms with E-state index in [0.29, 0.717) is 11.1 Å². The summed E-state index contributed by atoms with van der Waals surface area (Å²) in [5.41, 5.74) is 1.17. The Morgan fingerprint density at radius 3 is 2.35 bits per heavy atom. The summed E-state index contributed by atoms with van der Waals surface area (Å²) in [6, 6.07) is 6.46. The van der Waals surface area contributed by atoms with Crippen molar-refractivity contribution in [1.82, 2.24) is 4.31 Å². The van der Waals surface area contributed by atoms with E-state index in [0.717, 1.165) is 0 Å². The van der Waals surface area contributed by atoms with E-state index in [1.807, 2.05) is 19.9 Å². The van der Waals surface area contributed by atoms with Crippen LogP contribution >= 0.6 is 0 Å². The summed E-state index contributed by atoms with van der Waals surface area (Å²) in [5, 5.41) is 8.80. The van der Waals surface area contributed by atoms with Crippen molar-refractivity contribution in [2.45, 2.75) is 31.7 Å². The standard InChI is InChI=1S/C12H16N2O2S/c1-9(2)14(4)17(15,16)12-6-5-11(8-13)10(3)7-12/h5-7,9H,1-4H3. The van der Waals surface area contributed by atoms with E-state index in [1.54, 1.807) is 14.0 Å². The smallest absolute Gasteiger partial charge is 0.207 e. The molecule has 0 saturated carbocycles. The lowest BCUT2D eigenvalue weighted by atomic mass is 10.1. The lowest BCUT2D eigenvalue weighted by Gasteiger charge is -2.21. The number of sulfonamides is 1. The van der Waals surface area contributed by atoms with Crippen molar-refractivity contribution in [2.75, 3.05) is 7.05 Å². The number of hydrogen-bond acceptors (Lipinski definition) is 3. The summed E-state index contributed by atoms with van der Waals surface area (Å²) in [6.45, 7) is 5.36. The molecule has 92 valence electrons. The highest BCUT2D eigenvalue weighted by atomic mass is 32.2. The Hall–Kier alpha value is -1.38. The minimum absolute atomic E-state index is 0.101. The van der Waals surface area contributed by atoms with Gasteiger partial charge >= 0.3 is 0 Å². The van der Waals surface area contributed by atoms with Gasteiger partial charge in [-0.1, -0.05) is 0 Å². The third-order valence-electron chi connectivity index (χ3n) is 2.72. The largest absolute Gasteiger partial charge is 0.243 e. The van der Waals surface area contributed by atoms with Crippen LogP contribution in [0.2, 0.25) is 0 Å². The van der Waals surface area contributed by atoms with E-state index in [-0.39, 0.29) is 10.9 Å². The van der Waals surface area contributed by atoms with Crippen LogP contribution in [0.5, 0.6) is 0 Å². The summed E-state index contributed by atoms with van der Waals surface area (Å²) in [6.07, 6.45) is 0. The lowest BCUT2D eigenvalue weighted by molar-refractivity contribution is 0.410. The molecule has 0 bridgehead atoms. The van der Waals surface area contributed by atoms with Crippen molar-refractivity contribution >= 4 is 10.0 Å². The second-order valence-electron chi connectivity index (χ2n) is 4.20. The average Bonchev–Trinajstić information content (AvgIpc) is 2.27. The molecule has 0 N–H and O–H groups in total. The Balaban J connectivity index is 3.27. The number of hydrogen-bond donors (Lipinski definition) is 0. The summed E-state index contributed by atoms with van der Waals surface area (Å²) in [5.74, 6) is 0. The molecule has 0 spiro atoms. The first-order chi connectivity index (χ1) is 7.80. The van der Waals surface area contributed by atoms with Gasteiger partial charge in [0.05, 0.1) is 16.5 Å². The molecule has 1 rings (SSSR count). The Morgan fingerprint density at radius 1 is 1.35 bits per heavy atom. The highest BCUT2D eigenvalue weighted by Crippen LogP contribution is 2.19. The minimum Gasteiger partial charge on any atom is -0.207 e. The van der Waals surface area contributed by atoms with Crippen molar-refractivity contribution in [1.29, 1.82) is 5.26 Å². The topological polar surface area (TPSA) is 61.2 Å². The van der Waals surface area contributed by atoms with Gasteiger partial charge in [0.1, 0.15) is 0 Å². The van der Waals surface area contributed by atoms with Crippen molar-refractivity contribution in [3.63, 3.8) is 0 Å². The van der Waals surface area contributed by atoms with E-state index in [4.69, 9.17) is 5.26 Å². The number of nitrogens with zero attached hydrogens (tertiary/aromatic N) is 2. The van der Waals surface area contributed by atoms with E-state index in [2.05, 4.69) is 0 Å². The van der Waals surface area contributed by atoms with Crippen LogP contribution < -0.4 is 0 Å². The van der Waals surface area contributed by atoms with Crippen LogP contribution in [0.3, 0.4) is 0 Å². The number of aryl methyl sites for hydroxylation is 1. The zero-order valence-corrected chi connectivity index (χ0v) is 11.2. The second kappa shape index (κ2) is 4.86. The molecule has 0 radical (unpaired) electrons. The second-order valence-corrected chi connectivity index (χ2v) is 6.20. The molecule has 5 heteroatoms. The summed E-state index contributed by atoms with van der Waals surface area (Å²) in [4.78, 5) is 0.227. The summed E-state index contributed by atoms with van der Waals surface area (Å²) < 4.78 is 25.7. The number of rotatable bonds is 3. The maximum Gasteiger partial charge on any atom is 0.243 e. The Morgan fingerprint density at radius 2 is 1.94 bits per heavy atom. The maximum absolute atomic E-state index is 12.2. The monoisotopic (exact) mass is 252 g/mol. The zero-order chi connectivity index (χ0) is 13.2. The van der Waals surface area contributed by atoms with Crippen molar-refractivity contribution in [2.24, 2.45) is 0 Å². The fourth-order valence-corrected chi connectivity index (χ4v) is 2.82. The predicted molar refractivity (Wildman–Crippen MR) is 66.0 cm³/mol. The third kappa shape index (κ3) is 2.65. The molecule has 0 aliphatic rings. The highest BCUT2D eigenvalue weighted by molar-refractivity contribution is 7.89. The molecule has 0 aliphatic heterocycles. The van der Waals surface area contributed by atoms with Gasteiger partial charge in [-0.25, -0.2) is 8.42 Å². The Labute approximate surface area is 103 Å². The van der Waals surface area contributed by atoms with Crippen LogP contribution in [0, 0.1) is 18.3 Å². The normalized spacial score (nSPS) is 11.8. The van der Waals surface area contributed by atoms with E-state index >= 15 is 0 Å². The lowest BCUT2D eigenvalue weighted by Crippen LogP contribution is -2.33. The van der Waals surface area contributed by atoms with E-state index < -0.39 is 10.0 Å². The average molecular weight is 252 g/mol. The molecular formula is C12H16N2O2S. The van der Waals surface area contributed by atoms with Gasteiger partial charge in [-0.2, -0.15) is 9.57 Å². The molecule has 0 fully saturated rings. The van der Waals surface area contributed by atoms with Crippen molar-refractivity contribution < 1.29 is 8.42 Å². The highest BCUT2D eigenvalue weighted by Gasteiger charge is 2.23. The molecule has 0 amide bonds. The molecule has 0 heterocycles. The van der Waals surface area contributed by atoms with Gasteiger partial charge in [0, 0.05) is 13.1 Å². The van der Waals surface area contributed by atoms with Gasteiger partial charge in [-0.05, 0) is 44.5 Å². The molecule has 1 aromatic rings. The van der Waals surface area contributed by atoms with Crippen LogP contribution in [0.25, 0.3) is 0 Å². The fourth-order valence-electron chi connectivity index (χ4n) is 1.37. The SMILES string of the molecule is Cc1cc(S(=O)(=O)N(C)C(C)C)ccc1C#N. The van der Waals surface area contributed by atoms with Crippen LogP contribution in [0.15, 0.2) is 23.1 Å². The van der Waals surface area contributed by atoms with Crippen LogP contribution in [0.1, 0.15) is 25.0 Å². The maximum atomic E-state index is 12.2. The van der Waals surface area contributed by atoms with Gasteiger partial charge in [-0.15, -0.1) is 0 Å². The molecule has 17 heavy (non-hydrogen) atoms. The van der Waals surface area contributed by atoms with Crippen LogP contribution in [0.4, 0.5) is 0 Å². The first-order valence-corrected chi connectivity index (χ1v) is 6.73. The summed E-state index contributed by atoms with van der Waals surface area (Å²) in [7, 11) is -1.91. The number of nitriles is 1. The predicted octanol–water partition coefficient (Wildman–Crippen LogP) is 1.90. The fraction of sp³-hybridized carbons (Fsp3) is 0.417. The molecule has 0 unspecified atom stereocenters. The first-order valence-electron chi connectivity index (χ1n) is 5.29. The van der Waals surface area contributed by atoms with E-state index in [9.17, 15) is 8.42 Å². The van der Waals surface area contributed by atoms with Gasteiger partial charge in [-0.3, -0.25) is 0 Å². The molecule has 0 aromatic heterocycles. The molecule has 4 nitrogen and oxygen atoms in total. The van der Waals surface area contributed by atoms with Gasteiger partial charge < -0.3 is 0 Å². The van der Waals surface area contributed by atoms with Crippen LogP contribution in [-0.2, 0) is 10.0 Å². The summed E-state index contributed by atoms with van der Waals surface area (Å²) >= 11 is 0. The minimum atomic E-state index is -3.46. The molecular weight excluding hydrogens is 236 g/mol. The molecule has 1 aromatic carbocycles. The van der Waals surface area contributed by atoms with Gasteiger partial charge in [0.2, 0.25) is 10.0 Å². The third-order valence-corrected chi connectivity index (χ3v) is 4.75. The quantitative estimate of drug-likeness (QED) is 0.825. The van der Waals surface area contributed by atoms with Crippen LogP contribution in [-0.4, -0.2) is 25.8 Å².